The molecule has 0 N–H and O–H groups in total. The largest absolute Gasteiger partial charge is 0.459 e. The molecule has 30 heavy (non-hydrogen) atoms. The van der Waals surface area contributed by atoms with E-state index in [0.717, 1.165) is 16.7 Å². The summed E-state index contributed by atoms with van der Waals surface area (Å²) in [5, 5.41) is 0. The van der Waals surface area contributed by atoms with E-state index >= 15 is 0 Å². The van der Waals surface area contributed by atoms with Gasteiger partial charge in [-0.1, -0.05) is 31.4 Å². The van der Waals surface area contributed by atoms with Crippen molar-refractivity contribution < 1.29 is 23.8 Å². The quantitative estimate of drug-likeness (QED) is 0.248. The lowest BCUT2D eigenvalue weighted by atomic mass is 10.0. The lowest BCUT2D eigenvalue weighted by molar-refractivity contribution is -0.135. The molecule has 0 radical (unpaired) electrons. The van der Waals surface area contributed by atoms with Crippen LogP contribution in [0.25, 0.3) is 11.1 Å². The van der Waals surface area contributed by atoms with Crippen molar-refractivity contribution in [3.8, 4) is 22.6 Å². The summed E-state index contributed by atoms with van der Waals surface area (Å²) in [5.74, 6) is 1.02. The predicted octanol–water partition coefficient (Wildman–Crippen LogP) is 5.89. The highest BCUT2D eigenvalue weighted by molar-refractivity contribution is 5.89. The van der Waals surface area contributed by atoms with Crippen molar-refractivity contribution >= 4 is 11.9 Å². The lowest BCUT2D eigenvalue weighted by Crippen LogP contribution is -2.07. The second-order valence-electron chi connectivity index (χ2n) is 7.06. The zero-order valence-electron chi connectivity index (χ0n) is 18.0. The molecule has 0 heterocycles. The van der Waals surface area contributed by atoms with Crippen LogP contribution in [0.15, 0.2) is 78.3 Å². The number of benzene rings is 2. The standard InChI is InChI=1S/C25H26O5/c1-15(2)24(26)29-19(7)18(6)28-22-12-13-23(17(5)14-22)20-8-10-21(11-9-20)30-25(27)16(3)4/h8-14H,1,3H2,2,4-7H3/b19-18+. The fourth-order valence-corrected chi connectivity index (χ4v) is 2.47. The zero-order valence-corrected chi connectivity index (χ0v) is 18.0. The van der Waals surface area contributed by atoms with Crippen LogP contribution < -0.4 is 9.47 Å². The lowest BCUT2D eigenvalue weighted by Gasteiger charge is -2.13. The first-order valence-electron chi connectivity index (χ1n) is 9.40. The molecule has 2 aromatic rings. The molecule has 0 atom stereocenters. The first kappa shape index (κ1) is 22.7. The van der Waals surface area contributed by atoms with Crippen molar-refractivity contribution in [3.05, 3.63) is 83.9 Å². The molecule has 0 amide bonds. The molecule has 0 aliphatic carbocycles. The van der Waals surface area contributed by atoms with E-state index in [1.807, 2.05) is 37.3 Å². The number of ether oxygens (including phenoxy) is 3. The summed E-state index contributed by atoms with van der Waals surface area (Å²) >= 11 is 0. The minimum absolute atomic E-state index is 0.322. The van der Waals surface area contributed by atoms with Crippen LogP contribution in [0.1, 0.15) is 33.3 Å². The molecule has 0 spiro atoms. The number of hydrogen-bond acceptors (Lipinski definition) is 5. The van der Waals surface area contributed by atoms with Gasteiger partial charge >= 0.3 is 11.9 Å². The second kappa shape index (κ2) is 9.74. The van der Waals surface area contributed by atoms with Crippen LogP contribution >= 0.6 is 0 Å². The highest BCUT2D eigenvalue weighted by Gasteiger charge is 2.10. The Labute approximate surface area is 177 Å². The van der Waals surface area contributed by atoms with Crippen molar-refractivity contribution in [1.29, 1.82) is 0 Å². The molecule has 5 nitrogen and oxygen atoms in total. The Hall–Kier alpha value is -3.60. The highest BCUT2D eigenvalue weighted by atomic mass is 16.6. The molecule has 0 aromatic heterocycles. The summed E-state index contributed by atoms with van der Waals surface area (Å²) in [6.07, 6.45) is 0. The van der Waals surface area contributed by atoms with Crippen LogP contribution in [-0.4, -0.2) is 11.9 Å². The summed E-state index contributed by atoms with van der Waals surface area (Å²) in [4.78, 5) is 23.3. The number of carbonyl (C=O) groups is 2. The maximum atomic E-state index is 11.6. The van der Waals surface area contributed by atoms with E-state index in [1.165, 1.54) is 0 Å². The minimum Gasteiger partial charge on any atom is -0.459 e. The summed E-state index contributed by atoms with van der Waals surface area (Å²) < 4.78 is 16.2. The summed E-state index contributed by atoms with van der Waals surface area (Å²) in [6.45, 7) is 15.7. The Bertz CT molecular complexity index is 1030. The molecule has 0 bridgehead atoms. The van der Waals surface area contributed by atoms with Gasteiger partial charge in [-0.15, -0.1) is 0 Å². The fourth-order valence-electron chi connectivity index (χ4n) is 2.47. The van der Waals surface area contributed by atoms with Crippen molar-refractivity contribution in [1.82, 2.24) is 0 Å². The van der Waals surface area contributed by atoms with E-state index in [1.54, 1.807) is 39.8 Å². The van der Waals surface area contributed by atoms with E-state index in [-0.39, 0.29) is 0 Å². The molecule has 0 saturated carbocycles. The van der Waals surface area contributed by atoms with Crippen molar-refractivity contribution in [2.45, 2.75) is 34.6 Å². The van der Waals surface area contributed by atoms with Gasteiger partial charge in [0, 0.05) is 11.1 Å². The van der Waals surface area contributed by atoms with Gasteiger partial charge in [0.2, 0.25) is 0 Å². The van der Waals surface area contributed by atoms with Gasteiger partial charge in [-0.25, -0.2) is 9.59 Å². The van der Waals surface area contributed by atoms with Crippen LogP contribution in [0.3, 0.4) is 0 Å². The zero-order chi connectivity index (χ0) is 22.4. The van der Waals surface area contributed by atoms with E-state index in [4.69, 9.17) is 14.2 Å². The first-order valence-corrected chi connectivity index (χ1v) is 9.40. The predicted molar refractivity (Wildman–Crippen MR) is 117 cm³/mol. The average molecular weight is 406 g/mol. The van der Waals surface area contributed by atoms with E-state index < -0.39 is 11.9 Å². The number of allylic oxidation sites excluding steroid dienone is 2. The van der Waals surface area contributed by atoms with Crippen molar-refractivity contribution in [3.63, 3.8) is 0 Å². The number of carbonyl (C=O) groups excluding carboxylic acids is 2. The van der Waals surface area contributed by atoms with Gasteiger partial charge in [0.15, 0.2) is 0 Å². The highest BCUT2D eigenvalue weighted by Crippen LogP contribution is 2.29. The molecule has 0 aliphatic heterocycles. The van der Waals surface area contributed by atoms with E-state index in [9.17, 15) is 9.59 Å². The molecule has 2 aromatic carbocycles. The fraction of sp³-hybridized carbons (Fsp3) is 0.200. The summed E-state index contributed by atoms with van der Waals surface area (Å²) in [5.41, 5.74) is 3.67. The maximum absolute atomic E-state index is 11.6. The normalized spacial score (nSPS) is 11.2. The number of esters is 2. The topological polar surface area (TPSA) is 61.8 Å². The second-order valence-corrected chi connectivity index (χ2v) is 7.06. The molecule has 156 valence electrons. The van der Waals surface area contributed by atoms with Gasteiger partial charge in [-0.2, -0.15) is 0 Å². The van der Waals surface area contributed by atoms with Gasteiger partial charge in [-0.05, 0) is 75.6 Å². The summed E-state index contributed by atoms with van der Waals surface area (Å²) in [6, 6.07) is 12.9. The molecular formula is C25H26O5. The molecule has 5 heteroatoms. The van der Waals surface area contributed by atoms with Gasteiger partial charge in [0.25, 0.3) is 0 Å². The SMILES string of the molecule is C=C(C)C(=O)O/C(C)=C(\C)Oc1ccc(-c2ccc(OC(=O)C(=C)C)cc2)c(C)c1. The van der Waals surface area contributed by atoms with Crippen molar-refractivity contribution in [2.24, 2.45) is 0 Å². The monoisotopic (exact) mass is 406 g/mol. The van der Waals surface area contributed by atoms with Crippen LogP contribution in [0.5, 0.6) is 11.5 Å². The third-order valence-corrected chi connectivity index (χ3v) is 4.28. The average Bonchev–Trinajstić information content (AvgIpc) is 2.68. The molecular weight excluding hydrogens is 380 g/mol. The third kappa shape index (κ3) is 5.95. The Morgan fingerprint density at radius 2 is 1.30 bits per heavy atom. The van der Waals surface area contributed by atoms with Gasteiger partial charge < -0.3 is 14.2 Å². The Morgan fingerprint density at radius 3 is 1.83 bits per heavy atom. The van der Waals surface area contributed by atoms with E-state index in [0.29, 0.717) is 34.2 Å². The molecule has 0 saturated heterocycles. The smallest absolute Gasteiger partial charge is 0.338 e. The molecule has 2 rings (SSSR count). The molecule has 0 fully saturated rings. The number of aryl methyl sites for hydroxylation is 1. The third-order valence-electron chi connectivity index (χ3n) is 4.28. The Balaban J connectivity index is 2.15. The molecule has 0 unspecified atom stereocenters. The van der Waals surface area contributed by atoms with Gasteiger partial charge in [0.1, 0.15) is 23.0 Å². The van der Waals surface area contributed by atoms with Crippen LogP contribution in [0.2, 0.25) is 0 Å². The Morgan fingerprint density at radius 1 is 0.733 bits per heavy atom. The van der Waals surface area contributed by atoms with Gasteiger partial charge in [0.05, 0.1) is 0 Å². The van der Waals surface area contributed by atoms with Crippen LogP contribution in [0.4, 0.5) is 0 Å². The number of hydrogen-bond donors (Lipinski definition) is 0. The van der Waals surface area contributed by atoms with Crippen molar-refractivity contribution in [2.75, 3.05) is 0 Å². The van der Waals surface area contributed by atoms with E-state index in [2.05, 4.69) is 13.2 Å². The maximum Gasteiger partial charge on any atom is 0.338 e. The minimum atomic E-state index is -0.487. The summed E-state index contributed by atoms with van der Waals surface area (Å²) in [7, 11) is 0. The van der Waals surface area contributed by atoms with Crippen LogP contribution in [0, 0.1) is 6.92 Å². The Kier molecular flexibility index (Phi) is 7.37. The first-order chi connectivity index (χ1) is 14.1. The van der Waals surface area contributed by atoms with Crippen LogP contribution in [-0.2, 0) is 14.3 Å². The molecule has 0 aliphatic rings. The van der Waals surface area contributed by atoms with Gasteiger partial charge in [-0.3, -0.25) is 0 Å². The number of rotatable bonds is 7.